The summed E-state index contributed by atoms with van der Waals surface area (Å²) in [5.74, 6) is 0.526. The van der Waals surface area contributed by atoms with Crippen molar-refractivity contribution in [2.45, 2.75) is 0 Å². The number of nitrogens with zero attached hydrogens (tertiary/aromatic N) is 3. The Kier molecular flexibility index (Phi) is 4.93. The highest BCUT2D eigenvalue weighted by Gasteiger charge is 2.27. The van der Waals surface area contributed by atoms with Gasteiger partial charge in [-0.1, -0.05) is 0 Å². The van der Waals surface area contributed by atoms with Crippen molar-refractivity contribution in [3.05, 3.63) is 50.9 Å². The molecule has 1 aromatic heterocycles. The monoisotopic (exact) mass is 409 g/mol. The number of piperazine rings is 1. The molecule has 2 aromatic rings. The Morgan fingerprint density at radius 2 is 1.96 bits per heavy atom. The average Bonchev–Trinajstić information content (AvgIpc) is 3.07. The minimum absolute atomic E-state index is 0.00547. The van der Waals surface area contributed by atoms with Crippen LogP contribution in [0.2, 0.25) is 0 Å². The summed E-state index contributed by atoms with van der Waals surface area (Å²) >= 11 is 3.18. The topological polar surface area (TPSA) is 89.1 Å². The number of nitro groups is 1. The lowest BCUT2D eigenvalue weighted by molar-refractivity contribution is -0.384. The van der Waals surface area contributed by atoms with Gasteiger partial charge in [0, 0.05) is 26.2 Å². The van der Waals surface area contributed by atoms with Crippen LogP contribution in [0.5, 0.6) is 5.75 Å². The Labute approximate surface area is 152 Å². The zero-order valence-electron chi connectivity index (χ0n) is 13.5. The summed E-state index contributed by atoms with van der Waals surface area (Å²) < 4.78 is 10.9. The smallest absolute Gasteiger partial charge is 0.296 e. The Morgan fingerprint density at radius 1 is 1.24 bits per heavy atom. The number of carbonyl (C=O) groups is 1. The molecule has 1 aliphatic rings. The lowest BCUT2D eigenvalue weighted by Gasteiger charge is -2.35. The van der Waals surface area contributed by atoms with Crippen LogP contribution in [0, 0.1) is 10.1 Å². The number of hydrogen-bond donors (Lipinski definition) is 0. The van der Waals surface area contributed by atoms with Crippen LogP contribution in [-0.4, -0.2) is 49.0 Å². The van der Waals surface area contributed by atoms with Crippen molar-refractivity contribution in [2.75, 3.05) is 38.2 Å². The highest BCUT2D eigenvalue weighted by Crippen LogP contribution is 2.32. The third-order valence-electron chi connectivity index (χ3n) is 4.07. The Balaban J connectivity index is 1.72. The first kappa shape index (κ1) is 17.3. The first-order valence-electron chi connectivity index (χ1n) is 7.61. The minimum atomic E-state index is -0.421. The summed E-state index contributed by atoms with van der Waals surface area (Å²) in [7, 11) is 1.47. The van der Waals surface area contributed by atoms with Gasteiger partial charge in [-0.15, -0.1) is 0 Å². The van der Waals surface area contributed by atoms with Crippen molar-refractivity contribution >= 4 is 33.2 Å². The molecule has 0 spiro atoms. The van der Waals surface area contributed by atoms with E-state index in [1.807, 2.05) is 4.90 Å². The van der Waals surface area contributed by atoms with E-state index in [9.17, 15) is 14.9 Å². The number of carbonyl (C=O) groups excluding carboxylic acids is 1. The highest BCUT2D eigenvalue weighted by molar-refractivity contribution is 9.10. The number of methoxy groups -OCH3 is 1. The number of nitro benzene ring substituents is 1. The number of halogens is 1. The number of anilines is 1. The molecule has 25 heavy (non-hydrogen) atoms. The minimum Gasteiger partial charge on any atom is -0.496 e. The second kappa shape index (κ2) is 7.14. The van der Waals surface area contributed by atoms with Gasteiger partial charge < -0.3 is 19.0 Å². The molecule has 0 atom stereocenters. The van der Waals surface area contributed by atoms with Crippen molar-refractivity contribution in [3.63, 3.8) is 0 Å². The van der Waals surface area contributed by atoms with Gasteiger partial charge in [0.05, 0.1) is 18.1 Å². The summed E-state index contributed by atoms with van der Waals surface area (Å²) in [5.41, 5.74) is 0.521. The first-order chi connectivity index (χ1) is 12.0. The van der Waals surface area contributed by atoms with Crippen molar-refractivity contribution in [1.82, 2.24) is 4.90 Å². The van der Waals surface area contributed by atoms with Gasteiger partial charge in [0.25, 0.3) is 11.6 Å². The molecule has 0 radical (unpaired) electrons. The van der Waals surface area contributed by atoms with Crippen molar-refractivity contribution in [1.29, 1.82) is 0 Å². The maximum absolute atomic E-state index is 12.4. The van der Waals surface area contributed by atoms with Gasteiger partial charge in [0.15, 0.2) is 10.4 Å². The van der Waals surface area contributed by atoms with E-state index in [0.717, 1.165) is 0 Å². The molecule has 1 aromatic carbocycles. The second-order valence-electron chi connectivity index (χ2n) is 5.49. The molecular formula is C16H16BrN3O5. The summed E-state index contributed by atoms with van der Waals surface area (Å²) in [6.45, 7) is 1.92. The van der Waals surface area contributed by atoms with Crippen LogP contribution in [0.3, 0.4) is 0 Å². The van der Waals surface area contributed by atoms with E-state index in [4.69, 9.17) is 9.15 Å². The Bertz CT molecular complexity index is 799. The van der Waals surface area contributed by atoms with Crippen LogP contribution >= 0.6 is 15.9 Å². The molecule has 3 rings (SSSR count). The molecule has 0 aliphatic carbocycles. The molecule has 8 nitrogen and oxygen atoms in total. The van der Waals surface area contributed by atoms with Crippen molar-refractivity contribution in [3.8, 4) is 5.75 Å². The number of benzene rings is 1. The second-order valence-corrected chi connectivity index (χ2v) is 6.28. The number of rotatable bonds is 4. The quantitative estimate of drug-likeness (QED) is 0.569. The summed E-state index contributed by atoms with van der Waals surface area (Å²) in [6.07, 6.45) is 0. The van der Waals surface area contributed by atoms with Gasteiger partial charge in [-0.2, -0.15) is 0 Å². The lowest BCUT2D eigenvalue weighted by atomic mass is 10.2. The molecule has 0 unspecified atom stereocenters. The Morgan fingerprint density at radius 3 is 2.52 bits per heavy atom. The van der Waals surface area contributed by atoms with Crippen molar-refractivity contribution < 1.29 is 18.9 Å². The van der Waals surface area contributed by atoms with E-state index >= 15 is 0 Å². The fourth-order valence-electron chi connectivity index (χ4n) is 2.78. The SMILES string of the molecule is COc1ccc(N2CCN(C(=O)c3ccc(Br)o3)CC2)c([N+](=O)[O-])c1. The van der Waals surface area contributed by atoms with E-state index in [2.05, 4.69) is 15.9 Å². The lowest BCUT2D eigenvalue weighted by Crippen LogP contribution is -2.48. The molecule has 1 aliphatic heterocycles. The molecule has 132 valence electrons. The average molecular weight is 410 g/mol. The number of hydrogen-bond acceptors (Lipinski definition) is 6. The Hall–Kier alpha value is -2.55. The van der Waals surface area contributed by atoms with E-state index in [0.29, 0.717) is 42.3 Å². The van der Waals surface area contributed by atoms with Crippen LogP contribution in [0.1, 0.15) is 10.6 Å². The molecule has 0 N–H and O–H groups in total. The van der Waals surface area contributed by atoms with Gasteiger partial charge in [0.2, 0.25) is 0 Å². The predicted octanol–water partition coefficient (Wildman–Crippen LogP) is 2.92. The normalized spacial score (nSPS) is 14.5. The zero-order valence-corrected chi connectivity index (χ0v) is 15.1. The van der Waals surface area contributed by atoms with Gasteiger partial charge in [-0.3, -0.25) is 14.9 Å². The highest BCUT2D eigenvalue weighted by atomic mass is 79.9. The van der Waals surface area contributed by atoms with Crippen LogP contribution < -0.4 is 9.64 Å². The van der Waals surface area contributed by atoms with Crippen LogP contribution in [0.25, 0.3) is 0 Å². The third kappa shape index (κ3) is 3.60. The predicted molar refractivity (Wildman–Crippen MR) is 94.2 cm³/mol. The molecule has 0 saturated carbocycles. The summed E-state index contributed by atoms with van der Waals surface area (Å²) in [5, 5.41) is 11.3. The zero-order chi connectivity index (χ0) is 18.0. The van der Waals surface area contributed by atoms with Gasteiger partial charge >= 0.3 is 0 Å². The molecule has 0 bridgehead atoms. The van der Waals surface area contributed by atoms with Gasteiger partial charge in [-0.25, -0.2) is 0 Å². The van der Waals surface area contributed by atoms with Crippen LogP contribution in [0.15, 0.2) is 39.4 Å². The molecular weight excluding hydrogens is 394 g/mol. The maximum Gasteiger partial charge on any atom is 0.296 e. The van der Waals surface area contributed by atoms with Gasteiger partial charge in [-0.05, 0) is 40.2 Å². The number of furan rings is 1. The third-order valence-corrected chi connectivity index (χ3v) is 4.50. The first-order valence-corrected chi connectivity index (χ1v) is 8.41. The molecule has 1 fully saturated rings. The van der Waals surface area contributed by atoms with Crippen LogP contribution in [-0.2, 0) is 0 Å². The maximum atomic E-state index is 12.4. The van der Waals surface area contributed by atoms with Crippen LogP contribution in [0.4, 0.5) is 11.4 Å². The number of ether oxygens (including phenoxy) is 1. The largest absolute Gasteiger partial charge is 0.496 e. The van der Waals surface area contributed by atoms with Gasteiger partial charge in [0.1, 0.15) is 11.4 Å². The van der Waals surface area contributed by atoms with E-state index in [1.165, 1.54) is 13.2 Å². The molecule has 1 saturated heterocycles. The van der Waals surface area contributed by atoms with E-state index in [1.54, 1.807) is 29.2 Å². The summed E-state index contributed by atoms with van der Waals surface area (Å²) in [4.78, 5) is 26.9. The van der Waals surface area contributed by atoms with E-state index in [-0.39, 0.29) is 17.4 Å². The van der Waals surface area contributed by atoms with E-state index < -0.39 is 4.92 Å². The molecule has 2 heterocycles. The fourth-order valence-corrected chi connectivity index (χ4v) is 3.09. The molecule has 1 amide bonds. The summed E-state index contributed by atoms with van der Waals surface area (Å²) in [6, 6.07) is 8.07. The standard InChI is InChI=1S/C16H16BrN3O5/c1-24-11-2-3-12(13(10-11)20(22)23)18-6-8-19(9-7-18)16(21)14-4-5-15(17)25-14/h2-5,10H,6-9H2,1H3. The fraction of sp³-hybridized carbons (Fsp3) is 0.312. The molecule has 9 heteroatoms. The van der Waals surface area contributed by atoms with Crippen molar-refractivity contribution in [2.24, 2.45) is 0 Å². The number of amides is 1.